The molecule has 0 spiro atoms. The first kappa shape index (κ1) is 8.40. The van der Waals surface area contributed by atoms with Crippen LogP contribution in [0.5, 0.6) is 0 Å². The van der Waals surface area contributed by atoms with Gasteiger partial charge in [0.25, 0.3) is 0 Å². The summed E-state index contributed by atoms with van der Waals surface area (Å²) in [6, 6.07) is 6.17. The zero-order valence-electron chi connectivity index (χ0n) is 8.17. The summed E-state index contributed by atoms with van der Waals surface area (Å²) in [6.45, 7) is 0.917. The third kappa shape index (κ3) is 1.36. The minimum absolute atomic E-state index is 0.213. The van der Waals surface area contributed by atoms with Crippen molar-refractivity contribution in [2.75, 3.05) is 11.9 Å². The first-order chi connectivity index (χ1) is 7.45. The molecule has 0 fully saturated rings. The van der Waals surface area contributed by atoms with Gasteiger partial charge in [-0.1, -0.05) is 6.07 Å². The van der Waals surface area contributed by atoms with Crippen LogP contribution in [0.25, 0.3) is 0 Å². The van der Waals surface area contributed by atoms with Gasteiger partial charge in [-0.3, -0.25) is 4.98 Å². The number of nitrogens with one attached hydrogen (secondary N) is 1. The molecule has 0 aromatic carbocycles. The van der Waals surface area contributed by atoms with E-state index in [4.69, 9.17) is 0 Å². The zero-order valence-corrected chi connectivity index (χ0v) is 8.17. The molecule has 0 saturated heterocycles. The molecule has 0 saturated carbocycles. The summed E-state index contributed by atoms with van der Waals surface area (Å²) in [5.41, 5.74) is 1.05. The van der Waals surface area contributed by atoms with Gasteiger partial charge in [0.15, 0.2) is 0 Å². The Morgan fingerprint density at radius 1 is 1.33 bits per heavy atom. The normalized spacial score (nSPS) is 19.3. The van der Waals surface area contributed by atoms with Gasteiger partial charge in [0.05, 0.1) is 11.7 Å². The first-order valence-electron chi connectivity index (χ1n) is 4.99. The number of pyridine rings is 1. The quantitative estimate of drug-likeness (QED) is 0.750. The van der Waals surface area contributed by atoms with Gasteiger partial charge in [-0.15, -0.1) is 0 Å². The van der Waals surface area contributed by atoms with E-state index in [-0.39, 0.29) is 6.04 Å². The van der Waals surface area contributed by atoms with Gasteiger partial charge >= 0.3 is 0 Å². The largest absolute Gasteiger partial charge is 0.354 e. The monoisotopic (exact) mass is 201 g/mol. The summed E-state index contributed by atoms with van der Waals surface area (Å²) in [7, 11) is 0. The molecule has 2 aromatic rings. The van der Waals surface area contributed by atoms with E-state index in [0.29, 0.717) is 0 Å². The van der Waals surface area contributed by atoms with Gasteiger partial charge in [0, 0.05) is 12.7 Å². The van der Waals surface area contributed by atoms with E-state index in [2.05, 4.69) is 20.4 Å². The number of anilines is 1. The Bertz CT molecular complexity index is 450. The van der Waals surface area contributed by atoms with Gasteiger partial charge in [0.2, 0.25) is 5.95 Å². The minimum Gasteiger partial charge on any atom is -0.354 e. The highest BCUT2D eigenvalue weighted by atomic mass is 15.4. The summed E-state index contributed by atoms with van der Waals surface area (Å²) >= 11 is 0. The molecule has 15 heavy (non-hydrogen) atoms. The van der Waals surface area contributed by atoms with Crippen molar-refractivity contribution in [3.8, 4) is 0 Å². The molecule has 3 heterocycles. The second kappa shape index (κ2) is 3.34. The molecule has 0 amide bonds. The molecule has 1 atom stereocenters. The van der Waals surface area contributed by atoms with Crippen molar-refractivity contribution < 1.29 is 0 Å². The van der Waals surface area contributed by atoms with E-state index in [9.17, 15) is 0 Å². The van der Waals surface area contributed by atoms with Crippen LogP contribution < -0.4 is 5.32 Å². The number of fused-ring (bicyclic) bond motifs is 1. The van der Waals surface area contributed by atoms with E-state index in [0.717, 1.165) is 24.6 Å². The molecule has 0 aliphatic carbocycles. The summed E-state index contributed by atoms with van der Waals surface area (Å²) in [5.74, 6) is 0.830. The number of hydrogen-bond donors (Lipinski definition) is 1. The predicted molar refractivity (Wildman–Crippen MR) is 55.5 cm³/mol. The molecule has 1 unspecified atom stereocenters. The Kier molecular flexibility index (Phi) is 1.87. The Morgan fingerprint density at radius 2 is 2.33 bits per heavy atom. The molecule has 3 rings (SSSR count). The summed E-state index contributed by atoms with van der Waals surface area (Å²) in [6.07, 6.45) is 4.38. The van der Waals surface area contributed by atoms with Crippen LogP contribution >= 0.6 is 0 Å². The maximum absolute atomic E-state index is 4.36. The number of rotatable bonds is 1. The predicted octanol–water partition coefficient (Wildman–Crippen LogP) is 1.08. The standard InChI is InChI=1S/C10H11N5/c1-2-5-11-8(3-1)9-4-6-12-10-13-7-14-15(9)10/h1-3,5,7,9H,4,6H2,(H,12,13,14). The van der Waals surface area contributed by atoms with Crippen LogP contribution in [-0.2, 0) is 0 Å². The minimum atomic E-state index is 0.213. The molecule has 1 N–H and O–H groups in total. The van der Waals surface area contributed by atoms with E-state index in [1.807, 2.05) is 29.1 Å². The lowest BCUT2D eigenvalue weighted by atomic mass is 10.1. The Hall–Kier alpha value is -1.91. The zero-order chi connectivity index (χ0) is 10.1. The lowest BCUT2D eigenvalue weighted by molar-refractivity contribution is 0.470. The molecular weight excluding hydrogens is 190 g/mol. The maximum Gasteiger partial charge on any atom is 0.221 e. The van der Waals surface area contributed by atoms with Gasteiger partial charge < -0.3 is 5.32 Å². The van der Waals surface area contributed by atoms with Crippen LogP contribution in [0.4, 0.5) is 5.95 Å². The fourth-order valence-corrected chi connectivity index (χ4v) is 1.89. The number of nitrogens with zero attached hydrogens (tertiary/aromatic N) is 4. The van der Waals surface area contributed by atoms with E-state index < -0.39 is 0 Å². The lowest BCUT2D eigenvalue weighted by Gasteiger charge is -2.23. The Morgan fingerprint density at radius 3 is 3.20 bits per heavy atom. The SMILES string of the molecule is c1ccc(C2CCNc3ncnn32)nc1. The first-order valence-corrected chi connectivity index (χ1v) is 4.99. The molecule has 0 radical (unpaired) electrons. The molecule has 1 aliphatic heterocycles. The molecule has 5 nitrogen and oxygen atoms in total. The highest BCUT2D eigenvalue weighted by Crippen LogP contribution is 2.25. The lowest BCUT2D eigenvalue weighted by Crippen LogP contribution is -2.25. The van der Waals surface area contributed by atoms with Gasteiger partial charge in [0.1, 0.15) is 6.33 Å². The third-order valence-electron chi connectivity index (χ3n) is 2.60. The molecule has 0 bridgehead atoms. The van der Waals surface area contributed by atoms with Gasteiger partial charge in [-0.25, -0.2) is 4.68 Å². The number of aromatic nitrogens is 4. The van der Waals surface area contributed by atoms with Crippen molar-refractivity contribution in [1.29, 1.82) is 0 Å². The van der Waals surface area contributed by atoms with Crippen LogP contribution in [0, 0.1) is 0 Å². The molecule has 76 valence electrons. The second-order valence-corrected chi connectivity index (χ2v) is 3.51. The molecule has 1 aliphatic rings. The van der Waals surface area contributed by atoms with Crippen molar-refractivity contribution in [3.05, 3.63) is 36.4 Å². The fraction of sp³-hybridized carbons (Fsp3) is 0.300. The van der Waals surface area contributed by atoms with Crippen molar-refractivity contribution in [3.63, 3.8) is 0 Å². The van der Waals surface area contributed by atoms with Gasteiger partial charge in [-0.05, 0) is 18.6 Å². The smallest absolute Gasteiger partial charge is 0.221 e. The fourth-order valence-electron chi connectivity index (χ4n) is 1.89. The molecular formula is C10H11N5. The Balaban J connectivity index is 2.03. The molecule has 2 aromatic heterocycles. The number of hydrogen-bond acceptors (Lipinski definition) is 4. The average molecular weight is 201 g/mol. The summed E-state index contributed by atoms with van der Waals surface area (Å²) in [4.78, 5) is 8.51. The highest BCUT2D eigenvalue weighted by Gasteiger charge is 2.22. The topological polar surface area (TPSA) is 55.6 Å². The van der Waals surface area contributed by atoms with Crippen molar-refractivity contribution in [2.45, 2.75) is 12.5 Å². The van der Waals surface area contributed by atoms with Crippen LogP contribution in [0.2, 0.25) is 0 Å². The summed E-state index contributed by atoms with van der Waals surface area (Å²) in [5, 5.41) is 7.42. The van der Waals surface area contributed by atoms with Gasteiger partial charge in [-0.2, -0.15) is 10.1 Å². The van der Waals surface area contributed by atoms with Crippen molar-refractivity contribution in [1.82, 2.24) is 19.7 Å². The highest BCUT2D eigenvalue weighted by molar-refractivity contribution is 5.29. The third-order valence-corrected chi connectivity index (χ3v) is 2.60. The van der Waals surface area contributed by atoms with Crippen molar-refractivity contribution in [2.24, 2.45) is 0 Å². The van der Waals surface area contributed by atoms with Crippen LogP contribution in [-0.4, -0.2) is 26.3 Å². The van der Waals surface area contributed by atoms with Crippen LogP contribution in [0.3, 0.4) is 0 Å². The van der Waals surface area contributed by atoms with E-state index in [1.165, 1.54) is 0 Å². The van der Waals surface area contributed by atoms with Crippen molar-refractivity contribution >= 4 is 5.95 Å². The van der Waals surface area contributed by atoms with Crippen LogP contribution in [0.1, 0.15) is 18.2 Å². The summed E-state index contributed by atoms with van der Waals surface area (Å²) < 4.78 is 1.89. The second-order valence-electron chi connectivity index (χ2n) is 3.51. The van der Waals surface area contributed by atoms with Crippen LogP contribution in [0.15, 0.2) is 30.7 Å². The van der Waals surface area contributed by atoms with E-state index >= 15 is 0 Å². The average Bonchev–Trinajstić information content (AvgIpc) is 2.78. The maximum atomic E-state index is 4.36. The van der Waals surface area contributed by atoms with E-state index in [1.54, 1.807) is 6.33 Å². The molecule has 5 heteroatoms. The Labute approximate surface area is 87.2 Å².